The van der Waals surface area contributed by atoms with Crippen LogP contribution in [0.15, 0.2) is 0 Å². The predicted octanol–water partition coefficient (Wildman–Crippen LogP) is -0.00140. The molecule has 1 rings (SSSR count). The van der Waals surface area contributed by atoms with Gasteiger partial charge in [0.1, 0.15) is 0 Å². The molecule has 0 aromatic rings. The summed E-state index contributed by atoms with van der Waals surface area (Å²) in [5.41, 5.74) is 0. The number of imide groups is 1. The molecule has 0 aromatic heterocycles. The summed E-state index contributed by atoms with van der Waals surface area (Å²) in [6.07, 6.45) is 0.239. The molecule has 1 aliphatic rings. The summed E-state index contributed by atoms with van der Waals surface area (Å²) in [6, 6.07) is -0.528. The second-order valence-electron chi connectivity index (χ2n) is 3.10. The molecular weight excluding hydrogens is 174 g/mol. The highest BCUT2D eigenvalue weighted by molar-refractivity contribution is 6.02. The third kappa shape index (κ3) is 2.05. The van der Waals surface area contributed by atoms with Crippen LogP contribution in [0.25, 0.3) is 0 Å². The molecule has 1 saturated heterocycles. The van der Waals surface area contributed by atoms with Gasteiger partial charge in [-0.1, -0.05) is 0 Å². The Morgan fingerprint density at radius 1 is 1.46 bits per heavy atom. The maximum absolute atomic E-state index is 11.1. The van der Waals surface area contributed by atoms with Crippen LogP contribution in [0.1, 0.15) is 26.2 Å². The van der Waals surface area contributed by atoms with Crippen molar-refractivity contribution in [3.63, 3.8) is 0 Å². The molecule has 0 radical (unpaired) electrons. The van der Waals surface area contributed by atoms with Gasteiger partial charge in [-0.2, -0.15) is 0 Å². The molecule has 1 N–H and O–H groups in total. The van der Waals surface area contributed by atoms with E-state index in [2.05, 4.69) is 0 Å². The molecular formula is C8H11NO4. The zero-order valence-corrected chi connectivity index (χ0v) is 7.32. The Hall–Kier alpha value is -1.39. The largest absolute Gasteiger partial charge is 0.481 e. The molecule has 1 aliphatic heterocycles. The van der Waals surface area contributed by atoms with Crippen molar-refractivity contribution in [3.8, 4) is 0 Å². The number of carbonyl (C=O) groups is 3. The molecule has 72 valence electrons. The Morgan fingerprint density at radius 2 is 1.92 bits per heavy atom. The first-order valence-electron chi connectivity index (χ1n) is 4.09. The molecule has 1 atom stereocenters. The Bertz CT molecular complexity index is 245. The second-order valence-corrected chi connectivity index (χ2v) is 3.10. The Morgan fingerprint density at radius 3 is 2.31 bits per heavy atom. The molecule has 13 heavy (non-hydrogen) atoms. The van der Waals surface area contributed by atoms with Crippen molar-refractivity contribution < 1.29 is 19.5 Å². The normalized spacial score (nSPS) is 19.3. The van der Waals surface area contributed by atoms with Gasteiger partial charge in [0.25, 0.3) is 0 Å². The molecule has 5 nitrogen and oxygen atoms in total. The molecule has 2 amide bonds. The molecule has 0 aromatic carbocycles. The van der Waals surface area contributed by atoms with E-state index in [1.54, 1.807) is 6.92 Å². The summed E-state index contributed by atoms with van der Waals surface area (Å²) in [4.78, 5) is 33.6. The summed E-state index contributed by atoms with van der Waals surface area (Å²) in [7, 11) is 0. The zero-order chi connectivity index (χ0) is 10.0. The van der Waals surface area contributed by atoms with Gasteiger partial charge in [-0.15, -0.1) is 0 Å². The monoisotopic (exact) mass is 185 g/mol. The van der Waals surface area contributed by atoms with Gasteiger partial charge in [0, 0.05) is 18.9 Å². The van der Waals surface area contributed by atoms with E-state index in [1.165, 1.54) is 0 Å². The number of carbonyl (C=O) groups excluding carboxylic acids is 2. The lowest BCUT2D eigenvalue weighted by Gasteiger charge is -2.20. The van der Waals surface area contributed by atoms with E-state index in [9.17, 15) is 14.4 Å². The number of carboxylic acids is 1. The van der Waals surface area contributed by atoms with Gasteiger partial charge in [-0.05, 0) is 6.92 Å². The molecule has 0 saturated carbocycles. The van der Waals surface area contributed by atoms with E-state index in [0.29, 0.717) is 0 Å². The lowest BCUT2D eigenvalue weighted by atomic mass is 10.2. The first kappa shape index (κ1) is 9.70. The van der Waals surface area contributed by atoms with Crippen LogP contribution in [0.4, 0.5) is 0 Å². The van der Waals surface area contributed by atoms with E-state index < -0.39 is 12.0 Å². The number of aliphatic carboxylic acids is 1. The summed E-state index contributed by atoms with van der Waals surface area (Å²) >= 11 is 0. The second kappa shape index (κ2) is 3.55. The number of carboxylic acid groups (broad SMARTS) is 1. The van der Waals surface area contributed by atoms with Crippen LogP contribution in [-0.4, -0.2) is 33.8 Å². The van der Waals surface area contributed by atoms with Crippen LogP contribution < -0.4 is 0 Å². The van der Waals surface area contributed by atoms with E-state index in [4.69, 9.17) is 5.11 Å². The highest BCUT2D eigenvalue weighted by atomic mass is 16.4. The number of nitrogens with zero attached hydrogens (tertiary/aromatic N) is 1. The molecule has 1 heterocycles. The fraction of sp³-hybridized carbons (Fsp3) is 0.625. The Kier molecular flexibility index (Phi) is 2.65. The maximum atomic E-state index is 11.1. The number of rotatable bonds is 3. The van der Waals surface area contributed by atoms with Crippen molar-refractivity contribution in [3.05, 3.63) is 0 Å². The minimum absolute atomic E-state index is 0.183. The van der Waals surface area contributed by atoms with Gasteiger partial charge in [0.05, 0.1) is 6.42 Å². The lowest BCUT2D eigenvalue weighted by Crippen LogP contribution is -2.38. The molecule has 5 heteroatoms. The summed E-state index contributed by atoms with van der Waals surface area (Å²) in [5.74, 6) is -1.53. The topological polar surface area (TPSA) is 74.7 Å². The van der Waals surface area contributed by atoms with E-state index >= 15 is 0 Å². The smallest absolute Gasteiger partial charge is 0.305 e. The van der Waals surface area contributed by atoms with Crippen LogP contribution in [-0.2, 0) is 14.4 Å². The van der Waals surface area contributed by atoms with Gasteiger partial charge in [0.2, 0.25) is 11.8 Å². The standard InChI is InChI=1S/C8H11NO4/c1-5(4-8(12)13)9-6(10)2-3-7(9)11/h5H,2-4H2,1H3,(H,12,13). The van der Waals surface area contributed by atoms with Crippen LogP contribution in [0.2, 0.25) is 0 Å². The first-order chi connectivity index (χ1) is 6.02. The van der Waals surface area contributed by atoms with Crippen molar-refractivity contribution in [1.82, 2.24) is 4.90 Å². The number of hydrogen-bond acceptors (Lipinski definition) is 3. The van der Waals surface area contributed by atoms with Crippen molar-refractivity contribution in [2.24, 2.45) is 0 Å². The third-order valence-corrected chi connectivity index (χ3v) is 2.00. The minimum Gasteiger partial charge on any atom is -0.481 e. The van der Waals surface area contributed by atoms with Gasteiger partial charge < -0.3 is 5.11 Å². The van der Waals surface area contributed by atoms with Gasteiger partial charge in [0.15, 0.2) is 0 Å². The fourth-order valence-corrected chi connectivity index (χ4v) is 1.43. The summed E-state index contributed by atoms with van der Waals surface area (Å²) < 4.78 is 0. The van der Waals surface area contributed by atoms with Gasteiger partial charge in [-0.25, -0.2) is 0 Å². The van der Waals surface area contributed by atoms with E-state index in [1.807, 2.05) is 0 Å². The molecule has 0 bridgehead atoms. The van der Waals surface area contributed by atoms with Crippen molar-refractivity contribution in [1.29, 1.82) is 0 Å². The lowest BCUT2D eigenvalue weighted by molar-refractivity contribution is -0.143. The number of likely N-dealkylation sites (tertiary alicyclic amines) is 1. The zero-order valence-electron chi connectivity index (χ0n) is 7.32. The van der Waals surface area contributed by atoms with Crippen LogP contribution in [0, 0.1) is 0 Å². The molecule has 1 unspecified atom stereocenters. The quantitative estimate of drug-likeness (QED) is 0.628. The highest BCUT2D eigenvalue weighted by Crippen LogP contribution is 2.16. The first-order valence-corrected chi connectivity index (χ1v) is 4.09. The summed E-state index contributed by atoms with van der Waals surface area (Å²) in [5, 5.41) is 8.47. The van der Waals surface area contributed by atoms with Gasteiger partial charge in [-0.3, -0.25) is 19.3 Å². The van der Waals surface area contributed by atoms with Crippen molar-refractivity contribution in [2.45, 2.75) is 32.2 Å². The average Bonchev–Trinajstić information content (AvgIpc) is 2.29. The van der Waals surface area contributed by atoms with Crippen molar-refractivity contribution >= 4 is 17.8 Å². The average molecular weight is 185 g/mol. The maximum Gasteiger partial charge on any atom is 0.305 e. The SMILES string of the molecule is CC(CC(=O)O)N1C(=O)CCC1=O. The highest BCUT2D eigenvalue weighted by Gasteiger charge is 2.33. The van der Waals surface area contributed by atoms with E-state index in [0.717, 1.165) is 4.90 Å². The van der Waals surface area contributed by atoms with E-state index in [-0.39, 0.29) is 31.1 Å². The minimum atomic E-state index is -1.000. The Balaban J connectivity index is 2.64. The third-order valence-electron chi connectivity index (χ3n) is 2.00. The van der Waals surface area contributed by atoms with Crippen molar-refractivity contribution in [2.75, 3.05) is 0 Å². The summed E-state index contributed by atoms with van der Waals surface area (Å²) in [6.45, 7) is 1.56. The van der Waals surface area contributed by atoms with Crippen LogP contribution in [0.5, 0.6) is 0 Å². The fourth-order valence-electron chi connectivity index (χ4n) is 1.43. The number of amides is 2. The molecule has 1 fully saturated rings. The Labute approximate surface area is 75.3 Å². The van der Waals surface area contributed by atoms with Gasteiger partial charge >= 0.3 is 5.97 Å². The molecule has 0 aliphatic carbocycles. The molecule has 0 spiro atoms. The van der Waals surface area contributed by atoms with Crippen LogP contribution >= 0.6 is 0 Å². The van der Waals surface area contributed by atoms with Crippen LogP contribution in [0.3, 0.4) is 0 Å². The predicted molar refractivity (Wildman–Crippen MR) is 42.8 cm³/mol. The number of hydrogen-bond donors (Lipinski definition) is 1.